The Labute approximate surface area is 131 Å². The first-order chi connectivity index (χ1) is 9.97. The van der Waals surface area contributed by atoms with E-state index in [4.69, 9.17) is 17.0 Å². The Morgan fingerprint density at radius 3 is 2.62 bits per heavy atom. The molecular weight excluding hydrogens is 286 g/mol. The second-order valence-electron chi connectivity index (χ2n) is 5.96. The Hall–Kier alpha value is -1.23. The van der Waals surface area contributed by atoms with Crippen molar-refractivity contribution in [2.24, 2.45) is 0 Å². The third-order valence-corrected chi connectivity index (χ3v) is 4.94. The molecule has 1 heterocycles. The molecule has 1 saturated carbocycles. The minimum Gasteiger partial charge on any atom is -0.458 e. The standard InChI is InChI=1S/C16H23NO3S/c1-3-16(9-5-4-6-10-16)20-14(18)11-17-13(21)8-7-12(2)15(17)19/h2-11H2,1H3. The molecule has 1 amide bonds. The SMILES string of the molecule is C=C1CCC(=S)N(CC(=O)OC2(CC)CCCCC2)C1=O. The van der Waals surface area contributed by atoms with Crippen LogP contribution in [0.1, 0.15) is 58.3 Å². The number of amides is 1. The van der Waals surface area contributed by atoms with Gasteiger partial charge in [0.05, 0.1) is 4.99 Å². The van der Waals surface area contributed by atoms with Crippen LogP contribution in [0.25, 0.3) is 0 Å². The summed E-state index contributed by atoms with van der Waals surface area (Å²) in [6.45, 7) is 5.70. The van der Waals surface area contributed by atoms with Crippen LogP contribution in [-0.4, -0.2) is 33.9 Å². The van der Waals surface area contributed by atoms with E-state index in [0.717, 1.165) is 32.1 Å². The lowest BCUT2D eigenvalue weighted by Crippen LogP contribution is -2.46. The summed E-state index contributed by atoms with van der Waals surface area (Å²) in [4.78, 5) is 26.1. The molecule has 0 aromatic carbocycles. The molecule has 2 rings (SSSR count). The summed E-state index contributed by atoms with van der Waals surface area (Å²) in [5, 5.41) is 0. The Kier molecular flexibility index (Phi) is 5.14. The van der Waals surface area contributed by atoms with Gasteiger partial charge in [-0.15, -0.1) is 0 Å². The topological polar surface area (TPSA) is 46.6 Å². The van der Waals surface area contributed by atoms with E-state index in [1.165, 1.54) is 11.3 Å². The summed E-state index contributed by atoms with van der Waals surface area (Å²) in [5.41, 5.74) is 0.173. The van der Waals surface area contributed by atoms with E-state index < -0.39 is 0 Å². The summed E-state index contributed by atoms with van der Waals surface area (Å²) in [6, 6.07) is 0. The minimum absolute atomic E-state index is 0.0849. The van der Waals surface area contributed by atoms with Crippen LogP contribution in [0.15, 0.2) is 12.2 Å². The Morgan fingerprint density at radius 1 is 1.33 bits per heavy atom. The number of nitrogens with zero attached hydrogens (tertiary/aromatic N) is 1. The van der Waals surface area contributed by atoms with Crippen molar-refractivity contribution in [2.75, 3.05) is 6.54 Å². The van der Waals surface area contributed by atoms with Crippen molar-refractivity contribution in [2.45, 2.75) is 63.9 Å². The second-order valence-corrected chi connectivity index (χ2v) is 6.43. The summed E-state index contributed by atoms with van der Waals surface area (Å²) in [7, 11) is 0. The average Bonchev–Trinajstić information content (AvgIpc) is 2.48. The zero-order valence-corrected chi connectivity index (χ0v) is 13.5. The third kappa shape index (κ3) is 3.70. The maximum Gasteiger partial charge on any atom is 0.326 e. The van der Waals surface area contributed by atoms with E-state index in [9.17, 15) is 9.59 Å². The fourth-order valence-corrected chi connectivity index (χ4v) is 3.34. The molecule has 0 aromatic rings. The number of esters is 1. The average molecular weight is 309 g/mol. The number of ether oxygens (including phenoxy) is 1. The number of hydrogen-bond donors (Lipinski definition) is 0. The van der Waals surface area contributed by atoms with Gasteiger partial charge in [0.15, 0.2) is 0 Å². The predicted octanol–water partition coefficient (Wildman–Crippen LogP) is 3.15. The number of carbonyl (C=O) groups excluding carboxylic acids is 2. The van der Waals surface area contributed by atoms with Gasteiger partial charge < -0.3 is 4.74 Å². The highest BCUT2D eigenvalue weighted by Crippen LogP contribution is 2.34. The Morgan fingerprint density at radius 2 is 2.00 bits per heavy atom. The van der Waals surface area contributed by atoms with Gasteiger partial charge >= 0.3 is 5.97 Å². The van der Waals surface area contributed by atoms with Crippen molar-refractivity contribution < 1.29 is 14.3 Å². The summed E-state index contributed by atoms with van der Waals surface area (Å²) in [6.07, 6.45) is 7.24. The van der Waals surface area contributed by atoms with Crippen molar-refractivity contribution >= 4 is 29.1 Å². The van der Waals surface area contributed by atoms with E-state index in [1.807, 2.05) is 0 Å². The highest BCUT2D eigenvalue weighted by Gasteiger charge is 2.36. The van der Waals surface area contributed by atoms with Gasteiger partial charge in [0.1, 0.15) is 12.1 Å². The molecule has 0 atom stereocenters. The molecule has 4 nitrogen and oxygen atoms in total. The van der Waals surface area contributed by atoms with Crippen LogP contribution in [0.3, 0.4) is 0 Å². The highest BCUT2D eigenvalue weighted by atomic mass is 32.1. The lowest BCUT2D eigenvalue weighted by molar-refractivity contribution is -0.165. The smallest absolute Gasteiger partial charge is 0.326 e. The van der Waals surface area contributed by atoms with E-state index in [0.29, 0.717) is 23.4 Å². The lowest BCUT2D eigenvalue weighted by Gasteiger charge is -2.37. The van der Waals surface area contributed by atoms with Gasteiger partial charge in [0, 0.05) is 12.0 Å². The number of carbonyl (C=O) groups is 2. The minimum atomic E-state index is -0.357. The van der Waals surface area contributed by atoms with Gasteiger partial charge in [-0.1, -0.05) is 32.1 Å². The van der Waals surface area contributed by atoms with Crippen LogP contribution < -0.4 is 0 Å². The molecule has 1 saturated heterocycles. The molecule has 0 aromatic heterocycles. The van der Waals surface area contributed by atoms with Crippen LogP contribution in [0, 0.1) is 0 Å². The van der Waals surface area contributed by atoms with E-state index in [-0.39, 0.29) is 24.0 Å². The van der Waals surface area contributed by atoms with Crippen molar-refractivity contribution in [3.63, 3.8) is 0 Å². The van der Waals surface area contributed by atoms with Gasteiger partial charge in [-0.3, -0.25) is 14.5 Å². The van der Waals surface area contributed by atoms with Gasteiger partial charge in [-0.05, 0) is 38.5 Å². The first-order valence-corrected chi connectivity index (χ1v) is 8.12. The van der Waals surface area contributed by atoms with E-state index >= 15 is 0 Å². The molecule has 0 radical (unpaired) electrons. The fraction of sp³-hybridized carbons (Fsp3) is 0.688. The maximum atomic E-state index is 12.2. The molecule has 1 aliphatic carbocycles. The quantitative estimate of drug-likeness (QED) is 0.455. The van der Waals surface area contributed by atoms with Crippen LogP contribution in [0.2, 0.25) is 0 Å². The lowest BCUT2D eigenvalue weighted by atomic mass is 9.83. The molecule has 5 heteroatoms. The zero-order valence-electron chi connectivity index (χ0n) is 12.7. The molecule has 0 spiro atoms. The number of thiocarbonyl (C=S) groups is 1. The van der Waals surface area contributed by atoms with Gasteiger partial charge in [-0.25, -0.2) is 0 Å². The molecule has 1 aliphatic heterocycles. The fourth-order valence-electron chi connectivity index (χ4n) is 3.09. The number of piperidine rings is 1. The molecule has 21 heavy (non-hydrogen) atoms. The monoisotopic (exact) mass is 309 g/mol. The first-order valence-electron chi connectivity index (χ1n) is 7.72. The first kappa shape index (κ1) is 16.1. The van der Waals surface area contributed by atoms with Gasteiger partial charge in [0.25, 0.3) is 5.91 Å². The molecular formula is C16H23NO3S. The normalized spacial score (nSPS) is 22.3. The Balaban J connectivity index is 1.98. The van der Waals surface area contributed by atoms with Crippen LogP contribution in [0.4, 0.5) is 0 Å². The molecule has 0 N–H and O–H groups in total. The maximum absolute atomic E-state index is 12.2. The number of likely N-dealkylation sites (tertiary alicyclic amines) is 1. The second kappa shape index (κ2) is 6.69. The van der Waals surface area contributed by atoms with Crippen molar-refractivity contribution in [1.29, 1.82) is 0 Å². The predicted molar refractivity (Wildman–Crippen MR) is 84.9 cm³/mol. The van der Waals surface area contributed by atoms with Gasteiger partial charge in [0.2, 0.25) is 0 Å². The van der Waals surface area contributed by atoms with E-state index in [2.05, 4.69) is 13.5 Å². The zero-order chi connectivity index (χ0) is 15.5. The molecule has 0 bridgehead atoms. The summed E-state index contributed by atoms with van der Waals surface area (Å²) < 4.78 is 5.74. The number of rotatable bonds is 4. The molecule has 2 fully saturated rings. The van der Waals surface area contributed by atoms with Crippen molar-refractivity contribution in [3.05, 3.63) is 12.2 Å². The van der Waals surface area contributed by atoms with E-state index in [1.54, 1.807) is 0 Å². The Bertz CT molecular complexity index is 466. The largest absolute Gasteiger partial charge is 0.458 e. The molecule has 116 valence electrons. The number of hydrogen-bond acceptors (Lipinski definition) is 4. The van der Waals surface area contributed by atoms with Gasteiger partial charge in [-0.2, -0.15) is 0 Å². The van der Waals surface area contributed by atoms with Crippen LogP contribution in [-0.2, 0) is 14.3 Å². The third-order valence-electron chi connectivity index (χ3n) is 4.52. The summed E-state index contributed by atoms with van der Waals surface area (Å²) in [5.74, 6) is -0.596. The van der Waals surface area contributed by atoms with Crippen molar-refractivity contribution in [1.82, 2.24) is 4.90 Å². The summed E-state index contributed by atoms with van der Waals surface area (Å²) >= 11 is 5.19. The molecule has 0 unspecified atom stereocenters. The van der Waals surface area contributed by atoms with Crippen LogP contribution >= 0.6 is 12.2 Å². The van der Waals surface area contributed by atoms with Crippen LogP contribution in [0.5, 0.6) is 0 Å². The van der Waals surface area contributed by atoms with Crippen molar-refractivity contribution in [3.8, 4) is 0 Å². The highest BCUT2D eigenvalue weighted by molar-refractivity contribution is 7.80. The molecule has 2 aliphatic rings.